The van der Waals surface area contributed by atoms with Crippen molar-refractivity contribution < 1.29 is 9.00 Å². The summed E-state index contributed by atoms with van der Waals surface area (Å²) in [5, 5.41) is 6.05. The van der Waals surface area contributed by atoms with Crippen LogP contribution in [0.5, 0.6) is 0 Å². The summed E-state index contributed by atoms with van der Waals surface area (Å²) in [6.45, 7) is 0.248. The lowest BCUT2D eigenvalue weighted by molar-refractivity contribution is -0.115. The highest BCUT2D eigenvalue weighted by atomic mass is 35.5. The molecule has 0 radical (unpaired) electrons. The van der Waals surface area contributed by atoms with Crippen LogP contribution in [-0.2, 0) is 21.3 Å². The van der Waals surface area contributed by atoms with E-state index >= 15 is 0 Å². The van der Waals surface area contributed by atoms with E-state index in [2.05, 4.69) is 10.6 Å². The number of anilines is 1. The van der Waals surface area contributed by atoms with Crippen molar-refractivity contribution in [3.05, 3.63) is 28.8 Å². The summed E-state index contributed by atoms with van der Waals surface area (Å²) < 4.78 is 11.2. The van der Waals surface area contributed by atoms with Crippen molar-refractivity contribution in [1.82, 2.24) is 5.32 Å². The molecule has 0 fully saturated rings. The Bertz CT molecular complexity index is 437. The van der Waals surface area contributed by atoms with Crippen molar-refractivity contribution in [2.75, 3.05) is 25.2 Å². The number of carbonyl (C=O) groups excluding carboxylic acids is 1. The molecule has 0 heterocycles. The smallest absolute Gasteiger partial charge is 0.238 e. The van der Waals surface area contributed by atoms with Crippen LogP contribution in [-0.4, -0.2) is 30.0 Å². The lowest BCUT2D eigenvalue weighted by Crippen LogP contribution is -2.25. The molecule has 94 valence electrons. The van der Waals surface area contributed by atoms with Gasteiger partial charge < -0.3 is 10.6 Å². The minimum atomic E-state index is -0.961. The van der Waals surface area contributed by atoms with Gasteiger partial charge >= 0.3 is 0 Å². The van der Waals surface area contributed by atoms with Gasteiger partial charge in [-0.15, -0.1) is 0 Å². The average Bonchev–Trinajstić information content (AvgIpc) is 2.22. The second-order valence-electron chi connectivity index (χ2n) is 3.60. The number of amides is 1. The van der Waals surface area contributed by atoms with E-state index in [1.807, 2.05) is 0 Å². The molecular weight excluding hydrogens is 260 g/mol. The van der Waals surface area contributed by atoms with Crippen LogP contribution in [0.1, 0.15) is 5.56 Å². The maximum Gasteiger partial charge on any atom is 0.238 e. The molecule has 1 aromatic rings. The third-order valence-electron chi connectivity index (χ3n) is 2.03. The molecule has 2 N–H and O–H groups in total. The van der Waals surface area contributed by atoms with E-state index in [1.165, 1.54) is 0 Å². The van der Waals surface area contributed by atoms with Crippen molar-refractivity contribution in [3.63, 3.8) is 0 Å². The molecule has 0 aliphatic carbocycles. The molecule has 0 aliphatic rings. The fraction of sp³-hybridized carbons (Fsp3) is 0.364. The van der Waals surface area contributed by atoms with Gasteiger partial charge in [-0.05, 0) is 30.8 Å². The van der Waals surface area contributed by atoms with Gasteiger partial charge in [0.05, 0.1) is 6.54 Å². The average molecular weight is 275 g/mol. The number of likely N-dealkylation sites (N-methyl/N-ethyl adjacent to an activating group) is 1. The van der Waals surface area contributed by atoms with E-state index in [0.29, 0.717) is 16.5 Å². The molecule has 6 heteroatoms. The van der Waals surface area contributed by atoms with Gasteiger partial charge in [0, 0.05) is 33.5 Å². The number of halogens is 1. The third-order valence-corrected chi connectivity index (χ3v) is 3.11. The van der Waals surface area contributed by atoms with Crippen LogP contribution < -0.4 is 10.6 Å². The Morgan fingerprint density at radius 2 is 2.18 bits per heavy atom. The van der Waals surface area contributed by atoms with Gasteiger partial charge in [-0.3, -0.25) is 9.00 Å². The van der Waals surface area contributed by atoms with Crippen LogP contribution >= 0.6 is 11.6 Å². The van der Waals surface area contributed by atoms with Crippen LogP contribution in [0, 0.1) is 0 Å². The SMILES string of the molecule is CNCC(=O)Nc1ccc(Cl)c(CS(C)=O)c1. The number of rotatable bonds is 5. The standard InChI is InChI=1S/C11H15ClN2O2S/c1-13-6-11(15)14-9-3-4-10(12)8(5-9)7-17(2)16/h3-5,13H,6-7H2,1-2H3,(H,14,15). The Morgan fingerprint density at radius 3 is 2.76 bits per heavy atom. The summed E-state index contributed by atoms with van der Waals surface area (Å²) in [5.41, 5.74) is 1.44. The molecule has 0 saturated carbocycles. The summed E-state index contributed by atoms with van der Waals surface area (Å²) >= 11 is 5.98. The monoisotopic (exact) mass is 274 g/mol. The van der Waals surface area contributed by atoms with Crippen molar-refractivity contribution in [2.45, 2.75) is 5.75 Å². The quantitative estimate of drug-likeness (QED) is 0.853. The van der Waals surface area contributed by atoms with Crippen LogP contribution in [0.3, 0.4) is 0 Å². The highest BCUT2D eigenvalue weighted by molar-refractivity contribution is 7.83. The fourth-order valence-electron chi connectivity index (χ4n) is 1.35. The molecule has 1 rings (SSSR count). The summed E-state index contributed by atoms with van der Waals surface area (Å²) in [5.74, 6) is 0.257. The van der Waals surface area contributed by atoms with Gasteiger partial charge in [-0.25, -0.2) is 0 Å². The number of hydrogen-bond acceptors (Lipinski definition) is 3. The molecular formula is C11H15ClN2O2S. The topological polar surface area (TPSA) is 58.2 Å². The van der Waals surface area contributed by atoms with Crippen LogP contribution in [0.4, 0.5) is 5.69 Å². The van der Waals surface area contributed by atoms with Crippen LogP contribution in [0.25, 0.3) is 0 Å². The van der Waals surface area contributed by atoms with E-state index < -0.39 is 10.8 Å². The molecule has 1 unspecified atom stereocenters. The highest BCUT2D eigenvalue weighted by Crippen LogP contribution is 2.21. The first-order chi connectivity index (χ1) is 8.02. The van der Waals surface area contributed by atoms with Gasteiger partial charge in [-0.2, -0.15) is 0 Å². The normalized spacial score (nSPS) is 12.2. The Hall–Kier alpha value is -0.910. The molecule has 17 heavy (non-hydrogen) atoms. The number of benzene rings is 1. The third kappa shape index (κ3) is 4.85. The molecule has 0 spiro atoms. The number of hydrogen-bond donors (Lipinski definition) is 2. The zero-order chi connectivity index (χ0) is 12.8. The molecule has 0 bridgehead atoms. The number of nitrogens with one attached hydrogen (secondary N) is 2. The molecule has 1 amide bonds. The van der Waals surface area contributed by atoms with Gasteiger partial charge in [0.2, 0.25) is 5.91 Å². The summed E-state index contributed by atoms with van der Waals surface area (Å²) in [6.07, 6.45) is 1.61. The van der Waals surface area contributed by atoms with Crippen LogP contribution in [0.15, 0.2) is 18.2 Å². The molecule has 0 aromatic heterocycles. The maximum absolute atomic E-state index is 11.4. The summed E-state index contributed by atoms with van der Waals surface area (Å²) in [7, 11) is 0.741. The van der Waals surface area contributed by atoms with E-state index in [0.717, 1.165) is 5.56 Å². The zero-order valence-electron chi connectivity index (χ0n) is 9.75. The Balaban J connectivity index is 2.81. The molecule has 4 nitrogen and oxygen atoms in total. The van der Waals surface area contributed by atoms with E-state index in [1.54, 1.807) is 31.5 Å². The maximum atomic E-state index is 11.4. The highest BCUT2D eigenvalue weighted by Gasteiger charge is 2.06. The predicted molar refractivity (Wildman–Crippen MR) is 71.8 cm³/mol. The summed E-state index contributed by atoms with van der Waals surface area (Å²) in [4.78, 5) is 11.4. The first kappa shape index (κ1) is 14.2. The largest absolute Gasteiger partial charge is 0.325 e. The van der Waals surface area contributed by atoms with Crippen LogP contribution in [0.2, 0.25) is 5.02 Å². The fourth-order valence-corrected chi connectivity index (χ4v) is 2.29. The predicted octanol–water partition coefficient (Wildman–Crippen LogP) is 1.38. The molecule has 0 saturated heterocycles. The summed E-state index contributed by atoms with van der Waals surface area (Å²) in [6, 6.07) is 5.16. The van der Waals surface area contributed by atoms with Crippen molar-refractivity contribution in [1.29, 1.82) is 0 Å². The second kappa shape index (κ2) is 6.74. The lowest BCUT2D eigenvalue weighted by atomic mass is 10.2. The Morgan fingerprint density at radius 1 is 1.47 bits per heavy atom. The van der Waals surface area contributed by atoms with Crippen molar-refractivity contribution in [2.24, 2.45) is 0 Å². The minimum Gasteiger partial charge on any atom is -0.325 e. The minimum absolute atomic E-state index is 0.126. The lowest BCUT2D eigenvalue weighted by Gasteiger charge is -2.08. The van der Waals surface area contributed by atoms with E-state index in [-0.39, 0.29) is 12.5 Å². The van der Waals surface area contributed by atoms with E-state index in [4.69, 9.17) is 11.6 Å². The van der Waals surface area contributed by atoms with Crippen molar-refractivity contribution in [3.8, 4) is 0 Å². The zero-order valence-corrected chi connectivity index (χ0v) is 11.3. The Kier molecular flexibility index (Phi) is 5.61. The number of carbonyl (C=O) groups is 1. The second-order valence-corrected chi connectivity index (χ2v) is 5.44. The molecule has 0 aliphatic heterocycles. The van der Waals surface area contributed by atoms with Crippen molar-refractivity contribution >= 4 is 34.0 Å². The molecule has 1 aromatic carbocycles. The van der Waals surface area contributed by atoms with Gasteiger partial charge in [0.25, 0.3) is 0 Å². The first-order valence-electron chi connectivity index (χ1n) is 5.06. The molecule has 1 atom stereocenters. The first-order valence-corrected chi connectivity index (χ1v) is 7.16. The van der Waals surface area contributed by atoms with E-state index in [9.17, 15) is 9.00 Å². The van der Waals surface area contributed by atoms with Gasteiger partial charge in [0.1, 0.15) is 0 Å². The van der Waals surface area contributed by atoms with Gasteiger partial charge in [0.15, 0.2) is 0 Å². The Labute approximate surface area is 108 Å². The van der Waals surface area contributed by atoms with Gasteiger partial charge in [-0.1, -0.05) is 11.6 Å².